The summed E-state index contributed by atoms with van der Waals surface area (Å²) in [5, 5.41) is 1.34. The van der Waals surface area contributed by atoms with E-state index in [1.807, 2.05) is 36.0 Å². The van der Waals surface area contributed by atoms with Gasteiger partial charge in [0.25, 0.3) is 0 Å². The number of fused-ring (bicyclic) bond motifs is 2. The highest BCUT2D eigenvalue weighted by Crippen LogP contribution is 2.35. The predicted octanol–water partition coefficient (Wildman–Crippen LogP) is 3.05. The molecule has 6 rings (SSSR count). The SMILES string of the molecule is CN(C)C/C=C/C(=O)N1CCN(c2nc(OCCOC3CC3)nc3c2CCN(c2cncc4cccc(F)c24)C3)CC1. The molecule has 1 aromatic carbocycles. The van der Waals surface area contributed by atoms with Crippen molar-refractivity contribution < 1.29 is 18.7 Å². The van der Waals surface area contributed by atoms with E-state index in [1.54, 1.807) is 24.5 Å². The molecule has 1 aliphatic carbocycles. The fraction of sp³-hybridized carbons (Fsp3) is 0.484. The Morgan fingerprint density at radius 3 is 2.69 bits per heavy atom. The molecule has 1 saturated carbocycles. The lowest BCUT2D eigenvalue weighted by atomic mass is 10.0. The van der Waals surface area contributed by atoms with E-state index in [4.69, 9.17) is 19.4 Å². The summed E-state index contributed by atoms with van der Waals surface area (Å²) in [5.41, 5.74) is 2.70. The molecule has 0 radical (unpaired) electrons. The fourth-order valence-corrected chi connectivity index (χ4v) is 5.52. The molecule has 4 heterocycles. The van der Waals surface area contributed by atoms with Crippen molar-refractivity contribution in [3.8, 4) is 6.01 Å². The van der Waals surface area contributed by atoms with Crippen LogP contribution in [0.25, 0.3) is 10.8 Å². The van der Waals surface area contributed by atoms with Crippen molar-refractivity contribution >= 4 is 28.2 Å². The molecule has 1 amide bonds. The first-order valence-corrected chi connectivity index (χ1v) is 14.7. The first kappa shape index (κ1) is 28.3. The summed E-state index contributed by atoms with van der Waals surface area (Å²) in [6, 6.07) is 5.39. The van der Waals surface area contributed by atoms with Crippen molar-refractivity contribution in [2.45, 2.75) is 31.9 Å². The van der Waals surface area contributed by atoms with Crippen LogP contribution in [0.2, 0.25) is 0 Å². The van der Waals surface area contributed by atoms with E-state index in [9.17, 15) is 9.18 Å². The van der Waals surface area contributed by atoms with Crippen LogP contribution < -0.4 is 14.5 Å². The number of hydrogen-bond donors (Lipinski definition) is 0. The third kappa shape index (κ3) is 6.47. The smallest absolute Gasteiger partial charge is 0.318 e. The topological polar surface area (TPSA) is 87.2 Å². The number of anilines is 2. The Hall–Kier alpha value is -3.83. The van der Waals surface area contributed by atoms with Gasteiger partial charge in [0.2, 0.25) is 5.91 Å². The summed E-state index contributed by atoms with van der Waals surface area (Å²) in [6.45, 7) is 5.34. The molecular weight excluding hydrogens is 537 g/mol. The van der Waals surface area contributed by atoms with Crippen LogP contribution in [0.5, 0.6) is 6.01 Å². The average molecular weight is 576 g/mol. The number of halogens is 1. The van der Waals surface area contributed by atoms with Gasteiger partial charge in [0.1, 0.15) is 18.2 Å². The Bertz CT molecular complexity index is 1450. The third-order valence-corrected chi connectivity index (χ3v) is 7.89. The lowest BCUT2D eigenvalue weighted by molar-refractivity contribution is -0.126. The van der Waals surface area contributed by atoms with E-state index in [0.29, 0.717) is 76.4 Å². The van der Waals surface area contributed by atoms with Crippen molar-refractivity contribution in [3.63, 3.8) is 0 Å². The Labute approximate surface area is 245 Å². The first-order valence-electron chi connectivity index (χ1n) is 14.7. The molecule has 2 aliphatic heterocycles. The van der Waals surface area contributed by atoms with Crippen molar-refractivity contribution in [3.05, 3.63) is 59.8 Å². The van der Waals surface area contributed by atoms with Gasteiger partial charge in [0, 0.05) is 67.9 Å². The van der Waals surface area contributed by atoms with Gasteiger partial charge in [-0.2, -0.15) is 9.97 Å². The number of nitrogens with zero attached hydrogens (tertiary/aromatic N) is 7. The zero-order valence-corrected chi connectivity index (χ0v) is 24.3. The number of carbonyl (C=O) groups is 1. The number of amides is 1. The molecule has 1 saturated heterocycles. The van der Waals surface area contributed by atoms with Crippen LogP contribution in [0.1, 0.15) is 24.1 Å². The Morgan fingerprint density at radius 1 is 1.07 bits per heavy atom. The van der Waals surface area contributed by atoms with Gasteiger partial charge in [0.05, 0.1) is 36.8 Å². The second-order valence-corrected chi connectivity index (χ2v) is 11.3. The van der Waals surface area contributed by atoms with Crippen molar-refractivity contribution in [1.29, 1.82) is 0 Å². The van der Waals surface area contributed by atoms with Gasteiger partial charge < -0.3 is 29.1 Å². The van der Waals surface area contributed by atoms with Crippen LogP contribution in [0.4, 0.5) is 15.9 Å². The Balaban J connectivity index is 1.22. The summed E-state index contributed by atoms with van der Waals surface area (Å²) in [5.74, 6) is 0.630. The maximum atomic E-state index is 14.9. The molecule has 0 spiro atoms. The molecule has 0 N–H and O–H groups in total. The monoisotopic (exact) mass is 575 g/mol. The predicted molar refractivity (Wildman–Crippen MR) is 159 cm³/mol. The highest BCUT2D eigenvalue weighted by atomic mass is 19.1. The summed E-state index contributed by atoms with van der Waals surface area (Å²) < 4.78 is 26.7. The molecule has 0 atom stereocenters. The molecule has 0 unspecified atom stereocenters. The van der Waals surface area contributed by atoms with Gasteiger partial charge in [0.15, 0.2) is 0 Å². The fourth-order valence-electron chi connectivity index (χ4n) is 5.52. The number of piperazine rings is 1. The van der Waals surface area contributed by atoms with Crippen LogP contribution in [-0.2, 0) is 22.5 Å². The minimum absolute atomic E-state index is 0.0347. The number of ether oxygens (including phenoxy) is 2. The van der Waals surface area contributed by atoms with Crippen LogP contribution in [-0.4, -0.2) is 103 Å². The normalized spacial score (nSPS) is 17.4. The first-order chi connectivity index (χ1) is 20.5. The molecule has 42 heavy (non-hydrogen) atoms. The molecule has 3 aromatic rings. The van der Waals surface area contributed by atoms with Crippen molar-refractivity contribution in [2.24, 2.45) is 0 Å². The van der Waals surface area contributed by atoms with Gasteiger partial charge in [-0.05, 0) is 39.4 Å². The molecule has 2 aromatic heterocycles. The van der Waals surface area contributed by atoms with E-state index in [1.165, 1.54) is 6.07 Å². The highest BCUT2D eigenvalue weighted by Gasteiger charge is 2.29. The highest BCUT2D eigenvalue weighted by molar-refractivity contribution is 5.94. The second-order valence-electron chi connectivity index (χ2n) is 11.3. The van der Waals surface area contributed by atoms with Crippen LogP contribution >= 0.6 is 0 Å². The number of carbonyl (C=O) groups excluding carboxylic acids is 1. The van der Waals surface area contributed by atoms with Crippen LogP contribution in [0.15, 0.2) is 42.7 Å². The zero-order valence-electron chi connectivity index (χ0n) is 24.3. The maximum absolute atomic E-state index is 14.9. The van der Waals surface area contributed by atoms with E-state index < -0.39 is 0 Å². The Morgan fingerprint density at radius 2 is 1.90 bits per heavy atom. The number of aromatic nitrogens is 3. The molecular formula is C31H38FN7O3. The largest absolute Gasteiger partial charge is 0.461 e. The summed E-state index contributed by atoms with van der Waals surface area (Å²) >= 11 is 0. The lowest BCUT2D eigenvalue weighted by Crippen LogP contribution is -2.49. The van der Waals surface area contributed by atoms with Gasteiger partial charge in [-0.1, -0.05) is 18.2 Å². The number of hydrogen-bond acceptors (Lipinski definition) is 9. The van der Waals surface area contributed by atoms with E-state index in [0.717, 1.165) is 47.5 Å². The lowest BCUT2D eigenvalue weighted by Gasteiger charge is -2.38. The summed E-state index contributed by atoms with van der Waals surface area (Å²) in [4.78, 5) is 35.0. The summed E-state index contributed by atoms with van der Waals surface area (Å²) in [7, 11) is 3.95. The quantitative estimate of drug-likeness (QED) is 0.267. The molecule has 0 bridgehead atoms. The van der Waals surface area contributed by atoms with Gasteiger partial charge >= 0.3 is 6.01 Å². The van der Waals surface area contributed by atoms with E-state index in [2.05, 4.69) is 14.8 Å². The molecule has 222 valence electrons. The van der Waals surface area contributed by atoms with Gasteiger partial charge in [-0.15, -0.1) is 0 Å². The maximum Gasteiger partial charge on any atom is 0.318 e. The molecule has 3 aliphatic rings. The minimum Gasteiger partial charge on any atom is -0.461 e. The van der Waals surface area contributed by atoms with Crippen LogP contribution in [0, 0.1) is 5.82 Å². The van der Waals surface area contributed by atoms with Gasteiger partial charge in [-0.3, -0.25) is 9.78 Å². The standard InChI is InChI=1S/C31H38FN7O3/c1-36(2)11-4-7-28(40)37-13-15-38(16-14-37)30-24-10-12-39(27-20-33-19-22-5-3-6-25(32)29(22)27)21-26(24)34-31(35-30)42-18-17-41-23-8-9-23/h3-7,19-20,23H,8-18,21H2,1-2H3/b7-4+. The number of pyridine rings is 1. The van der Waals surface area contributed by atoms with Crippen LogP contribution in [0.3, 0.4) is 0 Å². The second kappa shape index (κ2) is 12.6. The van der Waals surface area contributed by atoms with E-state index in [-0.39, 0.29) is 11.7 Å². The van der Waals surface area contributed by atoms with E-state index >= 15 is 0 Å². The number of likely N-dealkylation sites (N-methyl/N-ethyl adjacent to an activating group) is 1. The van der Waals surface area contributed by atoms with Gasteiger partial charge in [-0.25, -0.2) is 4.39 Å². The molecule has 10 nitrogen and oxygen atoms in total. The number of benzene rings is 1. The van der Waals surface area contributed by atoms with Crippen molar-refractivity contribution in [2.75, 3.05) is 76.4 Å². The number of rotatable bonds is 10. The Kier molecular flexibility index (Phi) is 8.48. The zero-order chi connectivity index (χ0) is 29.1. The average Bonchev–Trinajstić information content (AvgIpc) is 3.83. The molecule has 2 fully saturated rings. The molecule has 11 heteroatoms. The minimum atomic E-state index is -0.261. The van der Waals surface area contributed by atoms with Crippen molar-refractivity contribution in [1.82, 2.24) is 24.8 Å². The third-order valence-electron chi connectivity index (χ3n) is 7.89. The summed E-state index contributed by atoms with van der Waals surface area (Å²) in [6.07, 6.45) is 10.3.